The fraction of sp³-hybridized carbons (Fsp3) is 0.625. The van der Waals surface area contributed by atoms with Gasteiger partial charge in [-0.05, 0) is 45.2 Å². The van der Waals surface area contributed by atoms with Gasteiger partial charge in [0.2, 0.25) is 0 Å². The van der Waals surface area contributed by atoms with Crippen molar-refractivity contribution in [3.8, 4) is 0 Å². The molecule has 1 aliphatic heterocycles. The largest absolute Gasteiger partial charge is 0.326 e. The number of nitrogens with two attached hydrogens (primary N) is 1. The van der Waals surface area contributed by atoms with Crippen LogP contribution in [0.3, 0.4) is 0 Å². The van der Waals surface area contributed by atoms with E-state index in [1.165, 1.54) is 36.9 Å². The molecule has 100 valence electrons. The summed E-state index contributed by atoms with van der Waals surface area (Å²) in [5.41, 5.74) is 8.98. The van der Waals surface area contributed by atoms with Crippen LogP contribution in [0.15, 0.2) is 24.3 Å². The average Bonchev–Trinajstić information content (AvgIpc) is 2.77. The highest BCUT2D eigenvalue weighted by Gasteiger charge is 2.32. The quantitative estimate of drug-likeness (QED) is 0.883. The van der Waals surface area contributed by atoms with E-state index in [2.05, 4.69) is 49.9 Å². The van der Waals surface area contributed by atoms with E-state index in [1.54, 1.807) is 0 Å². The van der Waals surface area contributed by atoms with E-state index in [0.29, 0.717) is 12.1 Å². The van der Waals surface area contributed by atoms with Crippen molar-refractivity contribution >= 4 is 0 Å². The zero-order chi connectivity index (χ0) is 13.1. The van der Waals surface area contributed by atoms with Crippen LogP contribution in [0.5, 0.6) is 0 Å². The Morgan fingerprint density at radius 3 is 2.83 bits per heavy atom. The van der Waals surface area contributed by atoms with Gasteiger partial charge in [0.15, 0.2) is 0 Å². The predicted molar refractivity (Wildman–Crippen MR) is 77.6 cm³/mol. The third-order valence-corrected chi connectivity index (χ3v) is 4.13. The first-order valence-corrected chi connectivity index (χ1v) is 7.21. The molecular weight excluding hydrogens is 220 g/mol. The number of nitrogens with zero attached hydrogens (tertiary/aromatic N) is 1. The molecule has 1 fully saturated rings. The summed E-state index contributed by atoms with van der Waals surface area (Å²) in [6, 6.07) is 10.1. The summed E-state index contributed by atoms with van der Waals surface area (Å²) in [4.78, 5) is 2.62. The second-order valence-electron chi connectivity index (χ2n) is 5.66. The topological polar surface area (TPSA) is 29.3 Å². The van der Waals surface area contributed by atoms with Gasteiger partial charge in [0.25, 0.3) is 0 Å². The van der Waals surface area contributed by atoms with Crippen molar-refractivity contribution in [1.29, 1.82) is 0 Å². The van der Waals surface area contributed by atoms with Gasteiger partial charge in [0, 0.05) is 18.1 Å². The molecule has 3 unspecified atom stereocenters. The smallest absolute Gasteiger partial charge is 0.0499 e. The summed E-state index contributed by atoms with van der Waals surface area (Å²) < 4.78 is 0. The minimum atomic E-state index is 0.180. The summed E-state index contributed by atoms with van der Waals surface area (Å²) in [5.74, 6) is 0. The number of likely N-dealkylation sites (tertiary alicyclic amines) is 1. The minimum absolute atomic E-state index is 0.180. The molecule has 1 aromatic rings. The fourth-order valence-corrected chi connectivity index (χ4v) is 3.31. The standard InChI is InChI=1S/C16H26N2/c1-4-15-9-6-10-18(15)16(13(3)17)14-8-5-7-12(2)11-14/h5,7-8,11,13,15-16H,4,6,9-10,17H2,1-3H3. The van der Waals surface area contributed by atoms with Gasteiger partial charge in [0.05, 0.1) is 0 Å². The van der Waals surface area contributed by atoms with Crippen LogP contribution in [-0.2, 0) is 0 Å². The Labute approximate surface area is 111 Å². The van der Waals surface area contributed by atoms with Crippen molar-refractivity contribution in [2.45, 2.75) is 58.2 Å². The van der Waals surface area contributed by atoms with E-state index in [1.807, 2.05) is 0 Å². The Bertz CT molecular complexity index is 386. The van der Waals surface area contributed by atoms with Crippen LogP contribution in [0, 0.1) is 6.92 Å². The molecule has 0 radical (unpaired) electrons. The first kappa shape index (κ1) is 13.6. The van der Waals surface area contributed by atoms with Crippen molar-refractivity contribution in [3.63, 3.8) is 0 Å². The summed E-state index contributed by atoms with van der Waals surface area (Å²) in [5, 5.41) is 0. The highest BCUT2D eigenvalue weighted by molar-refractivity contribution is 5.26. The van der Waals surface area contributed by atoms with E-state index in [0.717, 1.165) is 0 Å². The molecule has 1 heterocycles. The second kappa shape index (κ2) is 5.85. The van der Waals surface area contributed by atoms with Crippen LogP contribution >= 0.6 is 0 Å². The first-order valence-electron chi connectivity index (χ1n) is 7.21. The third kappa shape index (κ3) is 2.76. The molecule has 1 aliphatic rings. The van der Waals surface area contributed by atoms with Gasteiger partial charge in [0.1, 0.15) is 0 Å². The fourth-order valence-electron chi connectivity index (χ4n) is 3.31. The lowest BCUT2D eigenvalue weighted by molar-refractivity contribution is 0.157. The maximum absolute atomic E-state index is 6.27. The van der Waals surface area contributed by atoms with Gasteiger partial charge >= 0.3 is 0 Å². The molecule has 2 N–H and O–H groups in total. The number of aryl methyl sites for hydroxylation is 1. The molecule has 0 spiro atoms. The van der Waals surface area contributed by atoms with Crippen LogP contribution in [0.25, 0.3) is 0 Å². The molecule has 0 saturated carbocycles. The average molecular weight is 246 g/mol. The maximum Gasteiger partial charge on any atom is 0.0499 e. The van der Waals surface area contributed by atoms with Crippen molar-refractivity contribution in [3.05, 3.63) is 35.4 Å². The van der Waals surface area contributed by atoms with Crippen LogP contribution in [-0.4, -0.2) is 23.5 Å². The van der Waals surface area contributed by atoms with E-state index in [9.17, 15) is 0 Å². The summed E-state index contributed by atoms with van der Waals surface area (Å²) in [7, 11) is 0. The highest BCUT2D eigenvalue weighted by atomic mass is 15.2. The summed E-state index contributed by atoms with van der Waals surface area (Å²) in [6.07, 6.45) is 3.87. The van der Waals surface area contributed by atoms with Crippen molar-refractivity contribution in [2.75, 3.05) is 6.54 Å². The van der Waals surface area contributed by atoms with Gasteiger partial charge in [-0.15, -0.1) is 0 Å². The van der Waals surface area contributed by atoms with Crippen molar-refractivity contribution in [2.24, 2.45) is 5.73 Å². The Morgan fingerprint density at radius 1 is 1.44 bits per heavy atom. The molecule has 0 aromatic heterocycles. The maximum atomic E-state index is 6.27. The second-order valence-corrected chi connectivity index (χ2v) is 5.66. The molecule has 2 heteroatoms. The Kier molecular flexibility index (Phi) is 4.41. The van der Waals surface area contributed by atoms with Crippen molar-refractivity contribution < 1.29 is 0 Å². The molecule has 0 bridgehead atoms. The van der Waals surface area contributed by atoms with Gasteiger partial charge < -0.3 is 5.73 Å². The van der Waals surface area contributed by atoms with Gasteiger partial charge in [-0.3, -0.25) is 4.90 Å². The van der Waals surface area contributed by atoms with Crippen LogP contribution < -0.4 is 5.73 Å². The highest BCUT2D eigenvalue weighted by Crippen LogP contribution is 2.32. The van der Waals surface area contributed by atoms with Gasteiger partial charge in [-0.2, -0.15) is 0 Å². The molecule has 0 amide bonds. The minimum Gasteiger partial charge on any atom is -0.326 e. The normalized spacial score (nSPS) is 24.1. The van der Waals surface area contributed by atoms with E-state index < -0.39 is 0 Å². The number of hydrogen-bond donors (Lipinski definition) is 1. The Hall–Kier alpha value is -0.860. The Morgan fingerprint density at radius 2 is 2.22 bits per heavy atom. The molecule has 3 atom stereocenters. The van der Waals surface area contributed by atoms with Crippen LogP contribution in [0.1, 0.15) is 50.3 Å². The molecule has 2 rings (SSSR count). The zero-order valence-corrected chi connectivity index (χ0v) is 11.9. The van der Waals surface area contributed by atoms with Crippen LogP contribution in [0.4, 0.5) is 0 Å². The lowest BCUT2D eigenvalue weighted by atomic mass is 9.96. The SMILES string of the molecule is CCC1CCCN1C(c1cccc(C)c1)C(C)N. The third-order valence-electron chi connectivity index (χ3n) is 4.13. The van der Waals surface area contributed by atoms with E-state index in [4.69, 9.17) is 5.73 Å². The molecule has 1 aromatic carbocycles. The number of benzene rings is 1. The summed E-state index contributed by atoms with van der Waals surface area (Å²) in [6.45, 7) is 7.77. The predicted octanol–water partition coefficient (Wildman–Crippen LogP) is 3.26. The summed E-state index contributed by atoms with van der Waals surface area (Å²) >= 11 is 0. The van der Waals surface area contributed by atoms with E-state index >= 15 is 0 Å². The number of rotatable bonds is 4. The molecule has 0 aliphatic carbocycles. The zero-order valence-electron chi connectivity index (χ0n) is 11.9. The lowest BCUT2D eigenvalue weighted by Gasteiger charge is -2.35. The number of hydrogen-bond acceptors (Lipinski definition) is 2. The van der Waals surface area contributed by atoms with Crippen molar-refractivity contribution in [1.82, 2.24) is 4.90 Å². The first-order chi connectivity index (χ1) is 8.63. The van der Waals surface area contributed by atoms with Gasteiger partial charge in [-0.25, -0.2) is 0 Å². The molecule has 1 saturated heterocycles. The molecular formula is C16H26N2. The molecule has 2 nitrogen and oxygen atoms in total. The van der Waals surface area contributed by atoms with Gasteiger partial charge in [-0.1, -0.05) is 36.8 Å². The van der Waals surface area contributed by atoms with E-state index in [-0.39, 0.29) is 6.04 Å². The Balaban J connectivity index is 2.28. The van der Waals surface area contributed by atoms with Crippen LogP contribution in [0.2, 0.25) is 0 Å². The monoisotopic (exact) mass is 246 g/mol. The lowest BCUT2D eigenvalue weighted by Crippen LogP contribution is -2.42. The molecule has 18 heavy (non-hydrogen) atoms.